The van der Waals surface area contributed by atoms with Crippen LogP contribution in [-0.4, -0.2) is 55.4 Å². The molecule has 6 nitrogen and oxygen atoms in total. The molecule has 0 radical (unpaired) electrons. The Morgan fingerprint density at radius 2 is 1.95 bits per heavy atom. The molecule has 1 heterocycles. The van der Waals surface area contributed by atoms with Gasteiger partial charge in [-0.25, -0.2) is 0 Å². The molecule has 0 aliphatic rings. The first-order valence-corrected chi connectivity index (χ1v) is 7.45. The maximum Gasteiger partial charge on any atom is 0.318 e. The zero-order chi connectivity index (χ0) is 15.0. The summed E-state index contributed by atoms with van der Waals surface area (Å²) < 4.78 is 5.75. The highest BCUT2D eigenvalue weighted by atomic mass is 16.4. The fraction of sp³-hybridized carbons (Fsp3) is 0.857. The topological polar surface area (TPSA) is 57.4 Å². The summed E-state index contributed by atoms with van der Waals surface area (Å²) in [7, 11) is 4.14. The van der Waals surface area contributed by atoms with E-state index in [0.29, 0.717) is 24.4 Å². The molecule has 116 valence electrons. The van der Waals surface area contributed by atoms with Crippen LogP contribution in [0.5, 0.6) is 0 Å². The molecule has 20 heavy (non-hydrogen) atoms. The summed E-state index contributed by atoms with van der Waals surface area (Å²) in [6, 6.07) is 0.633. The number of likely N-dealkylation sites (N-methyl/N-ethyl adjacent to an activating group) is 1. The molecule has 0 spiro atoms. The first-order chi connectivity index (χ1) is 9.52. The van der Waals surface area contributed by atoms with Gasteiger partial charge < -0.3 is 19.5 Å². The van der Waals surface area contributed by atoms with Gasteiger partial charge in [0.05, 0.1) is 6.54 Å². The van der Waals surface area contributed by atoms with Crippen LogP contribution in [0, 0.1) is 5.92 Å². The molecule has 0 aliphatic carbocycles. The van der Waals surface area contributed by atoms with Crippen LogP contribution in [-0.2, 0) is 6.54 Å². The van der Waals surface area contributed by atoms with Gasteiger partial charge >= 0.3 is 6.01 Å². The van der Waals surface area contributed by atoms with Crippen molar-refractivity contribution in [3.8, 4) is 0 Å². The molecule has 0 amide bonds. The molecule has 0 atom stereocenters. The molecule has 0 saturated heterocycles. The van der Waals surface area contributed by atoms with Crippen LogP contribution < -0.4 is 10.2 Å². The molecule has 1 rings (SSSR count). The third-order valence-corrected chi connectivity index (χ3v) is 2.83. The predicted molar refractivity (Wildman–Crippen MR) is 81.9 cm³/mol. The van der Waals surface area contributed by atoms with E-state index in [2.05, 4.69) is 60.2 Å². The minimum Gasteiger partial charge on any atom is -0.407 e. The van der Waals surface area contributed by atoms with Crippen LogP contribution in [0.3, 0.4) is 0 Å². The van der Waals surface area contributed by atoms with Crippen molar-refractivity contribution < 1.29 is 4.42 Å². The predicted octanol–water partition coefficient (Wildman–Crippen LogP) is 1.59. The Labute approximate surface area is 122 Å². The lowest BCUT2D eigenvalue weighted by Gasteiger charge is -2.23. The smallest absolute Gasteiger partial charge is 0.318 e. The molecular formula is C14H29N5O. The van der Waals surface area contributed by atoms with Gasteiger partial charge in [-0.15, -0.1) is 5.10 Å². The number of hydrogen-bond donors (Lipinski definition) is 1. The van der Waals surface area contributed by atoms with Crippen molar-refractivity contribution in [2.75, 3.05) is 45.2 Å². The highest BCUT2D eigenvalue weighted by Crippen LogP contribution is 2.14. The summed E-state index contributed by atoms with van der Waals surface area (Å²) in [6.07, 6.45) is 1.10. The summed E-state index contributed by atoms with van der Waals surface area (Å²) in [5.74, 6) is 1.22. The van der Waals surface area contributed by atoms with Gasteiger partial charge in [0.25, 0.3) is 0 Å². The number of hydrogen-bond acceptors (Lipinski definition) is 6. The number of nitrogens with one attached hydrogen (secondary N) is 1. The number of aromatic nitrogens is 2. The fourth-order valence-electron chi connectivity index (χ4n) is 1.84. The molecule has 0 saturated carbocycles. The maximum atomic E-state index is 5.75. The van der Waals surface area contributed by atoms with E-state index < -0.39 is 0 Å². The molecule has 0 bridgehead atoms. The van der Waals surface area contributed by atoms with E-state index in [1.54, 1.807) is 0 Å². The second-order valence-electron chi connectivity index (χ2n) is 5.80. The lowest BCUT2D eigenvalue weighted by molar-refractivity contribution is 0.394. The van der Waals surface area contributed by atoms with Crippen LogP contribution in [0.2, 0.25) is 0 Å². The first kappa shape index (κ1) is 16.9. The highest BCUT2D eigenvalue weighted by Gasteiger charge is 2.15. The summed E-state index contributed by atoms with van der Waals surface area (Å²) >= 11 is 0. The minimum atomic E-state index is 0.561. The van der Waals surface area contributed by atoms with E-state index in [0.717, 1.165) is 32.6 Å². The van der Waals surface area contributed by atoms with E-state index in [1.165, 1.54) is 0 Å². The van der Waals surface area contributed by atoms with Crippen LogP contribution in [0.15, 0.2) is 4.42 Å². The monoisotopic (exact) mass is 283 g/mol. The molecule has 0 fully saturated rings. The quantitative estimate of drug-likeness (QED) is 0.658. The zero-order valence-corrected chi connectivity index (χ0v) is 13.5. The Morgan fingerprint density at radius 3 is 2.55 bits per heavy atom. The number of rotatable bonds is 10. The average Bonchev–Trinajstić information content (AvgIpc) is 2.83. The van der Waals surface area contributed by atoms with E-state index in [-0.39, 0.29) is 0 Å². The highest BCUT2D eigenvalue weighted by molar-refractivity contribution is 5.24. The van der Waals surface area contributed by atoms with Crippen molar-refractivity contribution in [3.05, 3.63) is 5.89 Å². The van der Waals surface area contributed by atoms with E-state index >= 15 is 0 Å². The van der Waals surface area contributed by atoms with Crippen molar-refractivity contribution in [1.82, 2.24) is 20.4 Å². The van der Waals surface area contributed by atoms with Gasteiger partial charge in [0.15, 0.2) is 0 Å². The average molecular weight is 283 g/mol. The summed E-state index contributed by atoms with van der Waals surface area (Å²) in [4.78, 5) is 4.33. The summed E-state index contributed by atoms with van der Waals surface area (Å²) in [5.41, 5.74) is 0. The van der Waals surface area contributed by atoms with E-state index in [1.807, 2.05) is 0 Å². The summed E-state index contributed by atoms with van der Waals surface area (Å²) in [6.45, 7) is 10.9. The third kappa shape index (κ3) is 6.34. The van der Waals surface area contributed by atoms with Crippen LogP contribution in [0.1, 0.15) is 33.1 Å². The fourth-order valence-corrected chi connectivity index (χ4v) is 1.84. The van der Waals surface area contributed by atoms with Crippen molar-refractivity contribution in [1.29, 1.82) is 0 Å². The lowest BCUT2D eigenvalue weighted by Crippen LogP contribution is -2.34. The van der Waals surface area contributed by atoms with Crippen molar-refractivity contribution in [2.24, 2.45) is 5.92 Å². The van der Waals surface area contributed by atoms with Crippen molar-refractivity contribution >= 4 is 6.01 Å². The van der Waals surface area contributed by atoms with Gasteiger partial charge in [0.1, 0.15) is 0 Å². The molecule has 0 aliphatic heterocycles. The minimum absolute atomic E-state index is 0.561. The standard InChI is InChI=1S/C14H29N5O/c1-6-7-15-10-13-16-17-14(20-13)19(11-12(2)3)9-8-18(4)5/h12,15H,6-11H2,1-5H3. The second kappa shape index (κ2) is 8.92. The van der Waals surface area contributed by atoms with Crippen LogP contribution in [0.4, 0.5) is 6.01 Å². The van der Waals surface area contributed by atoms with Gasteiger partial charge in [-0.1, -0.05) is 25.9 Å². The molecule has 1 N–H and O–H groups in total. The number of anilines is 1. The molecule has 1 aromatic heterocycles. The Balaban J connectivity index is 2.60. The van der Waals surface area contributed by atoms with E-state index in [9.17, 15) is 0 Å². The summed E-state index contributed by atoms with van der Waals surface area (Å²) in [5, 5.41) is 11.6. The van der Waals surface area contributed by atoms with Crippen LogP contribution in [0.25, 0.3) is 0 Å². The molecule has 0 unspecified atom stereocenters. The Bertz CT molecular complexity index is 364. The molecule has 6 heteroatoms. The Morgan fingerprint density at radius 1 is 1.20 bits per heavy atom. The van der Waals surface area contributed by atoms with Gasteiger partial charge in [-0.3, -0.25) is 0 Å². The second-order valence-corrected chi connectivity index (χ2v) is 5.80. The maximum absolute atomic E-state index is 5.75. The molecule has 0 aromatic carbocycles. The van der Waals surface area contributed by atoms with Gasteiger partial charge in [-0.2, -0.15) is 0 Å². The van der Waals surface area contributed by atoms with Gasteiger partial charge in [-0.05, 0) is 33.0 Å². The van der Waals surface area contributed by atoms with Crippen molar-refractivity contribution in [3.63, 3.8) is 0 Å². The SMILES string of the molecule is CCCNCc1nnc(N(CCN(C)C)CC(C)C)o1. The largest absolute Gasteiger partial charge is 0.407 e. The van der Waals surface area contributed by atoms with Crippen LogP contribution >= 0.6 is 0 Å². The zero-order valence-electron chi connectivity index (χ0n) is 13.5. The lowest BCUT2D eigenvalue weighted by atomic mass is 10.2. The van der Waals surface area contributed by atoms with E-state index in [4.69, 9.17) is 4.42 Å². The van der Waals surface area contributed by atoms with Crippen molar-refractivity contribution in [2.45, 2.75) is 33.7 Å². The Kier molecular flexibility index (Phi) is 7.54. The van der Waals surface area contributed by atoms with Gasteiger partial charge in [0, 0.05) is 19.6 Å². The van der Waals surface area contributed by atoms with Gasteiger partial charge in [0.2, 0.25) is 5.89 Å². The normalized spacial score (nSPS) is 11.6. The number of nitrogens with zero attached hydrogens (tertiary/aromatic N) is 4. The Hall–Kier alpha value is -1.14. The molecular weight excluding hydrogens is 254 g/mol. The molecule has 1 aromatic rings. The third-order valence-electron chi connectivity index (χ3n) is 2.83. The first-order valence-electron chi connectivity index (χ1n) is 7.45.